The summed E-state index contributed by atoms with van der Waals surface area (Å²) >= 11 is 0. The maximum Gasteiger partial charge on any atom is 0.161 e. The molecule has 3 nitrogen and oxygen atoms in total. The van der Waals surface area contributed by atoms with Gasteiger partial charge in [-0.25, -0.2) is 9.97 Å². The number of aromatic nitrogens is 2. The first-order valence-corrected chi connectivity index (χ1v) is 18.7. The van der Waals surface area contributed by atoms with Gasteiger partial charge in [0.1, 0.15) is 11.2 Å². The average Bonchev–Trinajstić information content (AvgIpc) is 3.65. The third kappa shape index (κ3) is 5.20. The number of fused-ring (bicyclic) bond motifs is 7. The standard InChI is InChI=1S/C52H32N2O/c1-2-13-33(14-3-1)34-25-27-36(28-26-34)46-32-47(41-20-9-8-19-40(41)42-22-12-24-49-50(42)44-21-10-11-23-48(44)55-49)54-52(53-46)51-39-18-7-5-16-37(39)31-45-38-17-6-4-15-35(38)29-30-43(45)51/h1-32H. The molecule has 3 heteroatoms. The minimum atomic E-state index is 0.693. The zero-order valence-corrected chi connectivity index (χ0v) is 29.8. The van der Waals surface area contributed by atoms with Gasteiger partial charge < -0.3 is 4.42 Å². The van der Waals surface area contributed by atoms with Gasteiger partial charge in [0, 0.05) is 27.5 Å². The minimum absolute atomic E-state index is 0.693. The Balaban J connectivity index is 1.19. The van der Waals surface area contributed by atoms with E-state index in [9.17, 15) is 0 Å². The third-order valence-electron chi connectivity index (χ3n) is 10.9. The average molecular weight is 701 g/mol. The second-order valence-electron chi connectivity index (χ2n) is 14.1. The van der Waals surface area contributed by atoms with Crippen molar-refractivity contribution >= 4 is 54.3 Å². The first-order valence-electron chi connectivity index (χ1n) is 18.7. The van der Waals surface area contributed by atoms with Gasteiger partial charge in [0.2, 0.25) is 0 Å². The Kier molecular flexibility index (Phi) is 7.17. The van der Waals surface area contributed by atoms with Crippen molar-refractivity contribution in [2.24, 2.45) is 0 Å². The molecule has 9 aromatic carbocycles. The number of hydrogen-bond acceptors (Lipinski definition) is 3. The summed E-state index contributed by atoms with van der Waals surface area (Å²) in [6.45, 7) is 0. The van der Waals surface area contributed by atoms with Crippen LogP contribution in [-0.4, -0.2) is 9.97 Å². The summed E-state index contributed by atoms with van der Waals surface area (Å²) in [4.78, 5) is 11.0. The van der Waals surface area contributed by atoms with Crippen molar-refractivity contribution in [1.29, 1.82) is 0 Å². The second kappa shape index (κ2) is 12.6. The fraction of sp³-hybridized carbons (Fsp3) is 0. The van der Waals surface area contributed by atoms with Crippen molar-refractivity contribution in [2.45, 2.75) is 0 Å². The fourth-order valence-corrected chi connectivity index (χ4v) is 8.31. The van der Waals surface area contributed by atoms with Crippen LogP contribution in [0.1, 0.15) is 0 Å². The molecule has 0 aliphatic rings. The molecule has 0 bridgehead atoms. The van der Waals surface area contributed by atoms with E-state index in [2.05, 4.69) is 182 Å². The van der Waals surface area contributed by atoms with Gasteiger partial charge in [0.15, 0.2) is 5.82 Å². The van der Waals surface area contributed by atoms with Crippen LogP contribution < -0.4 is 0 Å². The number of furan rings is 1. The summed E-state index contributed by atoms with van der Waals surface area (Å²) in [7, 11) is 0. The van der Waals surface area contributed by atoms with Crippen LogP contribution in [0.5, 0.6) is 0 Å². The van der Waals surface area contributed by atoms with Gasteiger partial charge in [-0.3, -0.25) is 0 Å². The van der Waals surface area contributed by atoms with Crippen molar-refractivity contribution in [3.8, 4) is 56.2 Å². The smallest absolute Gasteiger partial charge is 0.161 e. The van der Waals surface area contributed by atoms with E-state index >= 15 is 0 Å². The minimum Gasteiger partial charge on any atom is -0.456 e. The highest BCUT2D eigenvalue weighted by Crippen LogP contribution is 2.43. The highest BCUT2D eigenvalue weighted by Gasteiger charge is 2.20. The summed E-state index contributed by atoms with van der Waals surface area (Å²) < 4.78 is 6.34. The van der Waals surface area contributed by atoms with E-state index in [0.29, 0.717) is 5.82 Å². The molecule has 0 fully saturated rings. The van der Waals surface area contributed by atoms with E-state index in [4.69, 9.17) is 14.4 Å². The Bertz CT molecular complexity index is 3250. The fourth-order valence-electron chi connectivity index (χ4n) is 8.31. The molecule has 0 saturated heterocycles. The van der Waals surface area contributed by atoms with Crippen molar-refractivity contribution in [3.05, 3.63) is 194 Å². The normalized spacial score (nSPS) is 11.6. The van der Waals surface area contributed by atoms with E-state index in [-0.39, 0.29) is 0 Å². The molecule has 0 aliphatic heterocycles. The van der Waals surface area contributed by atoms with Gasteiger partial charge in [-0.1, -0.05) is 170 Å². The van der Waals surface area contributed by atoms with Crippen LogP contribution in [-0.2, 0) is 0 Å². The van der Waals surface area contributed by atoms with E-state index in [1.165, 1.54) is 21.7 Å². The lowest BCUT2D eigenvalue weighted by Crippen LogP contribution is -1.99. The maximum atomic E-state index is 6.34. The van der Waals surface area contributed by atoms with Gasteiger partial charge in [-0.2, -0.15) is 0 Å². The van der Waals surface area contributed by atoms with Gasteiger partial charge in [0.25, 0.3) is 0 Å². The Morgan fingerprint density at radius 1 is 0.327 bits per heavy atom. The van der Waals surface area contributed by atoms with Crippen LogP contribution in [0.4, 0.5) is 0 Å². The zero-order valence-electron chi connectivity index (χ0n) is 29.8. The molecule has 0 saturated carbocycles. The lowest BCUT2D eigenvalue weighted by molar-refractivity contribution is 0.669. The third-order valence-corrected chi connectivity index (χ3v) is 10.9. The molecule has 0 spiro atoms. The van der Waals surface area contributed by atoms with E-state index in [1.807, 2.05) is 12.1 Å². The Morgan fingerprint density at radius 3 is 1.80 bits per heavy atom. The van der Waals surface area contributed by atoms with Gasteiger partial charge >= 0.3 is 0 Å². The maximum absolute atomic E-state index is 6.34. The summed E-state index contributed by atoms with van der Waals surface area (Å²) in [6, 6.07) is 68.5. The number of benzene rings is 9. The number of nitrogens with zero attached hydrogens (tertiary/aromatic N) is 2. The number of para-hydroxylation sites is 1. The molecular formula is C52H32N2O. The van der Waals surface area contributed by atoms with Crippen LogP contribution >= 0.6 is 0 Å². The van der Waals surface area contributed by atoms with Crippen molar-refractivity contribution < 1.29 is 4.42 Å². The monoisotopic (exact) mass is 700 g/mol. The summed E-state index contributed by atoms with van der Waals surface area (Å²) in [5.74, 6) is 0.693. The van der Waals surface area contributed by atoms with Crippen molar-refractivity contribution in [3.63, 3.8) is 0 Å². The molecule has 0 aliphatic carbocycles. The van der Waals surface area contributed by atoms with Crippen LogP contribution in [0.25, 0.3) is 110 Å². The lowest BCUT2D eigenvalue weighted by Gasteiger charge is -2.16. The van der Waals surface area contributed by atoms with Crippen LogP contribution in [0.2, 0.25) is 0 Å². The predicted octanol–water partition coefficient (Wildman–Crippen LogP) is 14.2. The number of hydrogen-bond donors (Lipinski definition) is 0. The topological polar surface area (TPSA) is 38.9 Å². The molecular weight excluding hydrogens is 669 g/mol. The zero-order chi connectivity index (χ0) is 36.3. The molecule has 0 amide bonds. The molecule has 256 valence electrons. The van der Waals surface area contributed by atoms with Crippen LogP contribution in [0.15, 0.2) is 199 Å². The Morgan fingerprint density at radius 2 is 0.945 bits per heavy atom. The summed E-state index contributed by atoms with van der Waals surface area (Å²) in [5, 5.41) is 9.21. The lowest BCUT2D eigenvalue weighted by atomic mass is 9.92. The highest BCUT2D eigenvalue weighted by atomic mass is 16.3. The van der Waals surface area contributed by atoms with Gasteiger partial charge in [0.05, 0.1) is 11.4 Å². The van der Waals surface area contributed by atoms with Crippen molar-refractivity contribution in [1.82, 2.24) is 9.97 Å². The number of rotatable bonds is 5. The molecule has 2 aromatic heterocycles. The SMILES string of the molecule is c1ccc(-c2ccc(-c3cc(-c4ccccc4-c4cccc5oc6ccccc6c45)nc(-c4c5ccccc5cc5c4ccc4ccccc45)n3)cc2)cc1. The summed E-state index contributed by atoms with van der Waals surface area (Å²) in [5.41, 5.74) is 11.1. The Labute approximate surface area is 317 Å². The Hall–Kier alpha value is -7.36. The van der Waals surface area contributed by atoms with E-state index in [0.717, 1.165) is 82.9 Å². The van der Waals surface area contributed by atoms with Crippen LogP contribution in [0, 0.1) is 0 Å². The molecule has 0 radical (unpaired) electrons. The molecule has 0 atom stereocenters. The van der Waals surface area contributed by atoms with Gasteiger partial charge in [-0.05, 0) is 78.8 Å². The first-order chi connectivity index (χ1) is 27.3. The molecule has 55 heavy (non-hydrogen) atoms. The van der Waals surface area contributed by atoms with Crippen molar-refractivity contribution in [2.75, 3.05) is 0 Å². The predicted molar refractivity (Wildman–Crippen MR) is 229 cm³/mol. The summed E-state index contributed by atoms with van der Waals surface area (Å²) in [6.07, 6.45) is 0. The second-order valence-corrected chi connectivity index (χ2v) is 14.1. The molecule has 11 rings (SSSR count). The molecule has 11 aromatic rings. The molecule has 2 heterocycles. The van der Waals surface area contributed by atoms with Gasteiger partial charge in [-0.15, -0.1) is 0 Å². The largest absolute Gasteiger partial charge is 0.456 e. The van der Waals surface area contributed by atoms with E-state index < -0.39 is 0 Å². The van der Waals surface area contributed by atoms with E-state index in [1.54, 1.807) is 0 Å². The van der Waals surface area contributed by atoms with Crippen LogP contribution in [0.3, 0.4) is 0 Å². The highest BCUT2D eigenvalue weighted by molar-refractivity contribution is 6.19. The molecule has 0 N–H and O–H groups in total. The first kappa shape index (κ1) is 31.2. The molecule has 0 unspecified atom stereocenters. The quantitative estimate of drug-likeness (QED) is 0.133.